The second-order valence-electron chi connectivity index (χ2n) is 5.30. The van der Waals surface area contributed by atoms with E-state index in [1.54, 1.807) is 24.3 Å². The van der Waals surface area contributed by atoms with Gasteiger partial charge >= 0.3 is 0 Å². The molecule has 1 aromatic heterocycles. The van der Waals surface area contributed by atoms with Gasteiger partial charge in [0.05, 0.1) is 0 Å². The second kappa shape index (κ2) is 5.56. The highest BCUT2D eigenvalue weighted by molar-refractivity contribution is 5.94. The number of carbonyl (C=O) groups excluding carboxylic acids is 2. The Morgan fingerprint density at radius 2 is 1.67 bits per heavy atom. The van der Waals surface area contributed by atoms with Gasteiger partial charge in [-0.05, 0) is 31.9 Å². The van der Waals surface area contributed by atoms with Crippen LogP contribution in [0.5, 0.6) is 0 Å². The Balaban J connectivity index is 1.80. The molecule has 1 saturated heterocycles. The van der Waals surface area contributed by atoms with Crippen LogP contribution in [0, 0.1) is 0 Å². The summed E-state index contributed by atoms with van der Waals surface area (Å²) in [6.07, 6.45) is 2.12. The van der Waals surface area contributed by atoms with Crippen LogP contribution in [-0.2, 0) is 0 Å². The van der Waals surface area contributed by atoms with Gasteiger partial charge in [0.15, 0.2) is 11.5 Å². The summed E-state index contributed by atoms with van der Waals surface area (Å²) in [4.78, 5) is 25.3. The molecular formula is C17H17NO3. The van der Waals surface area contributed by atoms with Crippen LogP contribution >= 0.6 is 0 Å². The topological polar surface area (TPSA) is 50.5 Å². The molecule has 0 aliphatic carbocycles. The predicted octanol–water partition coefficient (Wildman–Crippen LogP) is 3.39. The highest BCUT2D eigenvalue weighted by Gasteiger charge is 2.22. The average molecular weight is 283 g/mol. The molecule has 0 spiro atoms. The minimum absolute atomic E-state index is 0.0332. The molecule has 0 atom stereocenters. The zero-order valence-corrected chi connectivity index (χ0v) is 12.0. The first-order chi connectivity index (χ1) is 10.1. The number of likely N-dealkylation sites (tertiary alicyclic amines) is 1. The van der Waals surface area contributed by atoms with E-state index in [4.69, 9.17) is 4.42 Å². The number of furan rings is 1. The van der Waals surface area contributed by atoms with E-state index in [0.29, 0.717) is 17.1 Å². The van der Waals surface area contributed by atoms with E-state index in [-0.39, 0.29) is 11.7 Å². The van der Waals surface area contributed by atoms with Crippen LogP contribution in [0.1, 0.15) is 40.7 Å². The van der Waals surface area contributed by atoms with Crippen molar-refractivity contribution in [3.63, 3.8) is 0 Å². The summed E-state index contributed by atoms with van der Waals surface area (Å²) in [5.74, 6) is 1.01. The van der Waals surface area contributed by atoms with Gasteiger partial charge in [0.25, 0.3) is 5.91 Å². The van der Waals surface area contributed by atoms with E-state index in [9.17, 15) is 9.59 Å². The molecule has 108 valence electrons. The minimum atomic E-state index is -0.0425. The van der Waals surface area contributed by atoms with Crippen molar-refractivity contribution >= 4 is 11.7 Å². The number of rotatable bonds is 3. The number of nitrogens with zero attached hydrogens (tertiary/aromatic N) is 1. The lowest BCUT2D eigenvalue weighted by atomic mass is 10.1. The number of hydrogen-bond donors (Lipinski definition) is 0. The second-order valence-corrected chi connectivity index (χ2v) is 5.30. The Morgan fingerprint density at radius 1 is 1.00 bits per heavy atom. The van der Waals surface area contributed by atoms with Crippen LogP contribution in [0.3, 0.4) is 0 Å². The predicted molar refractivity (Wildman–Crippen MR) is 79.3 cm³/mol. The van der Waals surface area contributed by atoms with Crippen LogP contribution in [-0.4, -0.2) is 29.7 Å². The van der Waals surface area contributed by atoms with E-state index in [2.05, 4.69) is 0 Å². The Kier molecular flexibility index (Phi) is 3.60. The summed E-state index contributed by atoms with van der Waals surface area (Å²) in [7, 11) is 0. The van der Waals surface area contributed by atoms with Crippen molar-refractivity contribution in [1.82, 2.24) is 4.90 Å². The number of carbonyl (C=O) groups is 2. The molecule has 1 aliphatic heterocycles. The fourth-order valence-electron chi connectivity index (χ4n) is 2.55. The molecule has 0 bridgehead atoms. The first kappa shape index (κ1) is 13.6. The lowest BCUT2D eigenvalue weighted by Gasteiger charge is -2.12. The maximum absolute atomic E-state index is 12.2. The third-order valence-corrected chi connectivity index (χ3v) is 3.79. The van der Waals surface area contributed by atoms with Crippen molar-refractivity contribution in [2.24, 2.45) is 0 Å². The zero-order chi connectivity index (χ0) is 14.8. The molecule has 2 heterocycles. The summed E-state index contributed by atoms with van der Waals surface area (Å²) in [6, 6.07) is 10.7. The molecule has 0 radical (unpaired) electrons. The smallest absolute Gasteiger partial charge is 0.289 e. The van der Waals surface area contributed by atoms with E-state index in [1.807, 2.05) is 17.0 Å². The first-order valence-corrected chi connectivity index (χ1v) is 7.15. The van der Waals surface area contributed by atoms with Gasteiger partial charge < -0.3 is 9.32 Å². The van der Waals surface area contributed by atoms with Crippen LogP contribution < -0.4 is 0 Å². The van der Waals surface area contributed by atoms with E-state index >= 15 is 0 Å². The van der Waals surface area contributed by atoms with Crippen molar-refractivity contribution in [2.45, 2.75) is 19.8 Å². The molecule has 4 nitrogen and oxygen atoms in total. The lowest BCUT2D eigenvalue weighted by Crippen LogP contribution is -2.27. The minimum Gasteiger partial charge on any atom is -0.451 e. The average Bonchev–Trinajstić information content (AvgIpc) is 3.18. The molecule has 0 unspecified atom stereocenters. The summed E-state index contributed by atoms with van der Waals surface area (Å²) in [6.45, 7) is 3.15. The molecule has 21 heavy (non-hydrogen) atoms. The van der Waals surface area contributed by atoms with Gasteiger partial charge in [-0.2, -0.15) is 0 Å². The van der Waals surface area contributed by atoms with Gasteiger partial charge in [-0.15, -0.1) is 0 Å². The van der Waals surface area contributed by atoms with Crippen LogP contribution in [0.25, 0.3) is 11.3 Å². The first-order valence-electron chi connectivity index (χ1n) is 7.15. The van der Waals surface area contributed by atoms with Crippen molar-refractivity contribution < 1.29 is 14.0 Å². The van der Waals surface area contributed by atoms with E-state index < -0.39 is 0 Å². The quantitative estimate of drug-likeness (QED) is 0.811. The van der Waals surface area contributed by atoms with E-state index in [1.165, 1.54) is 6.92 Å². The number of amides is 1. The maximum atomic E-state index is 12.2. The Bertz CT molecular complexity index is 664. The molecule has 2 aromatic rings. The number of hydrogen-bond acceptors (Lipinski definition) is 3. The van der Waals surface area contributed by atoms with Gasteiger partial charge in [-0.25, -0.2) is 0 Å². The molecule has 0 saturated carbocycles. The fourth-order valence-corrected chi connectivity index (χ4v) is 2.55. The third kappa shape index (κ3) is 2.75. The molecular weight excluding hydrogens is 266 g/mol. The third-order valence-electron chi connectivity index (χ3n) is 3.79. The molecule has 1 fully saturated rings. The molecule has 1 aromatic carbocycles. The lowest BCUT2D eigenvalue weighted by molar-refractivity contribution is 0.0762. The largest absolute Gasteiger partial charge is 0.451 e. The summed E-state index contributed by atoms with van der Waals surface area (Å²) in [5, 5.41) is 0. The molecule has 1 aliphatic rings. The van der Waals surface area contributed by atoms with E-state index in [0.717, 1.165) is 31.5 Å². The van der Waals surface area contributed by atoms with Crippen molar-refractivity contribution in [2.75, 3.05) is 13.1 Å². The van der Waals surface area contributed by atoms with Gasteiger partial charge in [-0.1, -0.05) is 24.3 Å². The molecule has 4 heteroatoms. The SMILES string of the molecule is CC(=O)c1ccc(-c2ccc(C(=O)N3CCCC3)o2)cc1. The number of ketones is 1. The van der Waals surface area contributed by atoms with Gasteiger partial charge in [0, 0.05) is 24.2 Å². The van der Waals surface area contributed by atoms with Crippen LogP contribution in [0.4, 0.5) is 0 Å². The highest BCUT2D eigenvalue weighted by Crippen LogP contribution is 2.24. The number of Topliss-reactive ketones (excluding diaryl/α,β-unsaturated/α-hetero) is 1. The molecule has 1 amide bonds. The van der Waals surface area contributed by atoms with Crippen molar-refractivity contribution in [3.05, 3.63) is 47.7 Å². The normalized spacial score (nSPS) is 14.4. The van der Waals surface area contributed by atoms with Gasteiger partial charge in [0.2, 0.25) is 0 Å². The monoisotopic (exact) mass is 283 g/mol. The summed E-state index contributed by atoms with van der Waals surface area (Å²) in [5.41, 5.74) is 1.53. The summed E-state index contributed by atoms with van der Waals surface area (Å²) < 4.78 is 5.67. The zero-order valence-electron chi connectivity index (χ0n) is 12.0. The molecule has 0 N–H and O–H groups in total. The Labute approximate surface area is 123 Å². The fraction of sp³-hybridized carbons (Fsp3) is 0.294. The standard InChI is InChI=1S/C17H17NO3/c1-12(19)13-4-6-14(7-5-13)15-8-9-16(21-15)17(20)18-10-2-3-11-18/h4-9H,2-3,10-11H2,1H3. The summed E-state index contributed by atoms with van der Waals surface area (Å²) >= 11 is 0. The van der Waals surface area contributed by atoms with Gasteiger partial charge in [0.1, 0.15) is 5.76 Å². The number of benzene rings is 1. The maximum Gasteiger partial charge on any atom is 0.289 e. The highest BCUT2D eigenvalue weighted by atomic mass is 16.4. The molecule has 3 rings (SSSR count). The Hall–Kier alpha value is -2.36. The van der Waals surface area contributed by atoms with Crippen LogP contribution in [0.2, 0.25) is 0 Å². The Morgan fingerprint density at radius 3 is 2.29 bits per heavy atom. The van der Waals surface area contributed by atoms with Crippen molar-refractivity contribution in [3.8, 4) is 11.3 Å². The van der Waals surface area contributed by atoms with Gasteiger partial charge in [-0.3, -0.25) is 9.59 Å². The van der Waals surface area contributed by atoms with Crippen molar-refractivity contribution in [1.29, 1.82) is 0 Å². The van der Waals surface area contributed by atoms with Crippen LogP contribution in [0.15, 0.2) is 40.8 Å².